The smallest absolute Gasteiger partial charge is 0.303 e. The molecule has 5 N–H and O–H groups in total. The number of likely N-dealkylation sites (tertiary alicyclic amines) is 1. The summed E-state index contributed by atoms with van der Waals surface area (Å²) in [5.74, 6) is -3.94. The first-order valence-electron chi connectivity index (χ1n) is 13.8. The number of anilines is 1. The summed E-state index contributed by atoms with van der Waals surface area (Å²) >= 11 is 0. The summed E-state index contributed by atoms with van der Waals surface area (Å²) in [6.45, 7) is 5.05. The highest BCUT2D eigenvalue weighted by molar-refractivity contribution is 5.99. The largest absolute Gasteiger partial charge is 0.481 e. The topological polar surface area (TPSA) is 217 Å². The zero-order chi connectivity index (χ0) is 31.4. The van der Waals surface area contributed by atoms with E-state index in [1.165, 1.54) is 43.0 Å². The van der Waals surface area contributed by atoms with Crippen LogP contribution in [0.1, 0.15) is 65.7 Å². The molecular weight excluding hydrogens is 552 g/mol. The molecule has 1 aromatic carbocycles. The van der Waals surface area contributed by atoms with Crippen molar-refractivity contribution in [1.82, 2.24) is 20.9 Å². The highest BCUT2D eigenvalue weighted by Crippen LogP contribution is 2.20. The van der Waals surface area contributed by atoms with Crippen LogP contribution in [0.2, 0.25) is 0 Å². The maximum atomic E-state index is 13.3. The number of nitrogens with one attached hydrogen (secondary N) is 4. The molecule has 15 nitrogen and oxygen atoms in total. The SMILES string of the molecule is CCCC[C@H](NC(=O)[C@@H]1CCCN1C(=O)[C@@H](C)NC(=O)[C@@H](C)NC(=O)CCC(=O)O)C(=O)Nc1ccc([N+](=O)[O-])cc1. The van der Waals surface area contributed by atoms with Crippen LogP contribution < -0.4 is 21.3 Å². The Hall–Kier alpha value is -4.56. The van der Waals surface area contributed by atoms with Gasteiger partial charge in [-0.2, -0.15) is 0 Å². The Kier molecular flexibility index (Phi) is 12.8. The molecule has 0 aliphatic carbocycles. The van der Waals surface area contributed by atoms with Gasteiger partial charge in [-0.05, 0) is 45.2 Å². The van der Waals surface area contributed by atoms with Crippen LogP contribution in [-0.2, 0) is 28.8 Å². The van der Waals surface area contributed by atoms with Crippen molar-refractivity contribution in [2.45, 2.75) is 89.9 Å². The summed E-state index contributed by atoms with van der Waals surface area (Å²) in [4.78, 5) is 86.1. The number of carboxylic acids is 1. The normalized spacial score (nSPS) is 16.5. The molecule has 1 saturated heterocycles. The van der Waals surface area contributed by atoms with Crippen molar-refractivity contribution < 1.29 is 38.8 Å². The van der Waals surface area contributed by atoms with E-state index in [4.69, 9.17) is 5.11 Å². The van der Waals surface area contributed by atoms with Crippen molar-refractivity contribution in [3.63, 3.8) is 0 Å². The number of nitro benzene ring substituents is 1. The Morgan fingerprint density at radius 3 is 2.26 bits per heavy atom. The van der Waals surface area contributed by atoms with Gasteiger partial charge in [0, 0.05) is 30.8 Å². The van der Waals surface area contributed by atoms with Crippen LogP contribution in [0.25, 0.3) is 0 Å². The average Bonchev–Trinajstić information content (AvgIpc) is 3.44. The van der Waals surface area contributed by atoms with Gasteiger partial charge in [0.1, 0.15) is 24.2 Å². The molecule has 1 aliphatic rings. The van der Waals surface area contributed by atoms with Crippen LogP contribution in [0.15, 0.2) is 24.3 Å². The molecule has 230 valence electrons. The van der Waals surface area contributed by atoms with Crippen LogP contribution >= 0.6 is 0 Å². The van der Waals surface area contributed by atoms with Gasteiger partial charge in [0.25, 0.3) is 5.69 Å². The molecule has 0 radical (unpaired) electrons. The van der Waals surface area contributed by atoms with Crippen molar-refractivity contribution in [2.24, 2.45) is 0 Å². The first-order valence-corrected chi connectivity index (χ1v) is 13.8. The maximum Gasteiger partial charge on any atom is 0.303 e. The Morgan fingerprint density at radius 1 is 1.00 bits per heavy atom. The Labute approximate surface area is 242 Å². The van der Waals surface area contributed by atoms with Crippen molar-refractivity contribution in [1.29, 1.82) is 0 Å². The summed E-state index contributed by atoms with van der Waals surface area (Å²) in [5.41, 5.74) is 0.200. The molecule has 2 rings (SSSR count). The lowest BCUT2D eigenvalue weighted by molar-refractivity contribution is -0.384. The van der Waals surface area contributed by atoms with Gasteiger partial charge in [-0.25, -0.2) is 0 Å². The van der Waals surface area contributed by atoms with Crippen LogP contribution in [0.5, 0.6) is 0 Å². The predicted molar refractivity (Wildman–Crippen MR) is 150 cm³/mol. The lowest BCUT2D eigenvalue weighted by atomic mass is 10.1. The molecule has 1 heterocycles. The highest BCUT2D eigenvalue weighted by atomic mass is 16.6. The fourth-order valence-electron chi connectivity index (χ4n) is 4.39. The minimum atomic E-state index is -1.15. The number of hydrogen-bond acceptors (Lipinski definition) is 8. The van der Waals surface area contributed by atoms with Crippen LogP contribution in [0.3, 0.4) is 0 Å². The van der Waals surface area contributed by atoms with Gasteiger partial charge in [0.05, 0.1) is 11.3 Å². The lowest BCUT2D eigenvalue weighted by Gasteiger charge is -2.29. The standard InChI is InChI=1S/C27H38N6O9/c1-4-5-7-20(25(38)30-18-9-11-19(12-10-18)33(41)42)31-26(39)21-8-6-15-32(21)27(40)17(3)29-24(37)16(2)28-22(34)13-14-23(35)36/h9-12,16-17,20-21H,4-8,13-15H2,1-3H3,(H,28,34)(H,29,37)(H,30,38)(H,31,39)(H,35,36)/t16-,17-,20+,21+/m1/s1. The van der Waals surface area contributed by atoms with Crippen molar-refractivity contribution in [2.75, 3.05) is 11.9 Å². The van der Waals surface area contributed by atoms with E-state index in [0.29, 0.717) is 31.4 Å². The molecule has 5 amide bonds. The van der Waals surface area contributed by atoms with E-state index < -0.39 is 64.6 Å². The van der Waals surface area contributed by atoms with Crippen LogP contribution in [0.4, 0.5) is 11.4 Å². The first-order chi connectivity index (χ1) is 19.8. The number of nitro groups is 1. The molecule has 1 aliphatic heterocycles. The number of unbranched alkanes of at least 4 members (excludes halogenated alkanes) is 1. The molecule has 1 fully saturated rings. The van der Waals surface area contributed by atoms with Crippen molar-refractivity contribution in [3.8, 4) is 0 Å². The number of rotatable bonds is 15. The minimum absolute atomic E-state index is 0.129. The van der Waals surface area contributed by atoms with Crippen molar-refractivity contribution in [3.05, 3.63) is 34.4 Å². The quantitative estimate of drug-likeness (QED) is 0.146. The molecule has 42 heavy (non-hydrogen) atoms. The lowest BCUT2D eigenvalue weighted by Crippen LogP contribution is -2.56. The fraction of sp³-hybridized carbons (Fsp3) is 0.556. The van der Waals surface area contributed by atoms with E-state index in [9.17, 15) is 38.9 Å². The Bertz CT molecular complexity index is 1170. The van der Waals surface area contributed by atoms with E-state index in [1.54, 1.807) is 0 Å². The van der Waals surface area contributed by atoms with Gasteiger partial charge in [-0.15, -0.1) is 0 Å². The zero-order valence-electron chi connectivity index (χ0n) is 23.9. The van der Waals surface area contributed by atoms with E-state index in [2.05, 4.69) is 21.3 Å². The van der Waals surface area contributed by atoms with Crippen LogP contribution in [0, 0.1) is 10.1 Å². The average molecular weight is 591 g/mol. The third-order valence-corrected chi connectivity index (χ3v) is 6.73. The van der Waals surface area contributed by atoms with E-state index in [1.807, 2.05) is 6.92 Å². The minimum Gasteiger partial charge on any atom is -0.481 e. The van der Waals surface area contributed by atoms with Crippen LogP contribution in [-0.4, -0.2) is 81.1 Å². The molecule has 1 aromatic rings. The number of aliphatic carboxylic acids is 1. The monoisotopic (exact) mass is 590 g/mol. The number of carbonyl (C=O) groups excluding carboxylic acids is 5. The van der Waals surface area contributed by atoms with Gasteiger partial charge in [0.15, 0.2) is 0 Å². The van der Waals surface area contributed by atoms with Gasteiger partial charge < -0.3 is 31.3 Å². The van der Waals surface area contributed by atoms with Gasteiger partial charge in [0.2, 0.25) is 29.5 Å². The molecule has 0 bridgehead atoms. The van der Waals surface area contributed by atoms with Gasteiger partial charge in [-0.1, -0.05) is 19.8 Å². The number of hydrogen-bond donors (Lipinski definition) is 5. The number of benzene rings is 1. The molecule has 4 atom stereocenters. The maximum absolute atomic E-state index is 13.3. The number of nitrogens with zero attached hydrogens (tertiary/aromatic N) is 2. The summed E-state index contributed by atoms with van der Waals surface area (Å²) < 4.78 is 0. The van der Waals surface area contributed by atoms with E-state index >= 15 is 0 Å². The predicted octanol–water partition coefficient (Wildman–Crippen LogP) is 1.07. The van der Waals surface area contributed by atoms with Crippen molar-refractivity contribution >= 4 is 46.9 Å². The van der Waals surface area contributed by atoms with Gasteiger partial charge >= 0.3 is 5.97 Å². The summed E-state index contributed by atoms with van der Waals surface area (Å²) in [6.07, 6.45) is 1.96. The fourth-order valence-corrected chi connectivity index (χ4v) is 4.39. The molecule has 0 saturated carbocycles. The summed E-state index contributed by atoms with van der Waals surface area (Å²) in [6, 6.07) is 1.48. The zero-order valence-corrected chi connectivity index (χ0v) is 23.9. The second-order valence-electron chi connectivity index (χ2n) is 10.1. The Balaban J connectivity index is 2.00. The number of amides is 5. The van der Waals surface area contributed by atoms with E-state index in [-0.39, 0.29) is 25.1 Å². The third-order valence-electron chi connectivity index (χ3n) is 6.73. The first kappa shape index (κ1) is 33.6. The molecule has 0 spiro atoms. The third kappa shape index (κ3) is 10.1. The summed E-state index contributed by atoms with van der Waals surface area (Å²) in [5, 5.41) is 29.8. The highest BCUT2D eigenvalue weighted by Gasteiger charge is 2.38. The number of non-ortho nitro benzene ring substituents is 1. The Morgan fingerprint density at radius 2 is 1.67 bits per heavy atom. The summed E-state index contributed by atoms with van der Waals surface area (Å²) in [7, 11) is 0. The second kappa shape index (κ2) is 16.0. The molecule has 15 heteroatoms. The molecule has 0 unspecified atom stereocenters. The molecular formula is C27H38N6O9. The number of carboxylic acid groups (broad SMARTS) is 1. The number of carbonyl (C=O) groups is 6. The second-order valence-corrected chi connectivity index (χ2v) is 10.1. The molecule has 0 aromatic heterocycles. The van der Waals surface area contributed by atoms with Gasteiger partial charge in [-0.3, -0.25) is 38.9 Å². The van der Waals surface area contributed by atoms with E-state index in [0.717, 1.165) is 6.42 Å².